The molecule has 1 aromatic carbocycles. The minimum atomic E-state index is -0.721. The normalized spacial score (nSPS) is 12.3. The Hall–Kier alpha value is -2.02. The molecule has 24 heavy (non-hydrogen) atoms. The third-order valence-electron chi connectivity index (χ3n) is 2.55. The first-order valence-electron chi connectivity index (χ1n) is 6.93. The Labute approximate surface area is 149 Å². The average molecular weight is 374 g/mol. The number of carbonyl (C=O) groups excluding carboxylic acids is 2. The van der Waals surface area contributed by atoms with Crippen LogP contribution in [0, 0.1) is 0 Å². The summed E-state index contributed by atoms with van der Waals surface area (Å²) in [5.41, 5.74) is 2.19. The van der Waals surface area contributed by atoms with Crippen molar-refractivity contribution in [2.24, 2.45) is 0 Å². The van der Waals surface area contributed by atoms with Gasteiger partial charge in [0.2, 0.25) is 0 Å². The molecule has 0 spiro atoms. The maximum Gasteiger partial charge on any atom is 0.349 e. The van der Waals surface area contributed by atoms with Crippen LogP contribution in [0.2, 0.25) is 10.0 Å². The van der Waals surface area contributed by atoms with Gasteiger partial charge in [0, 0.05) is 19.2 Å². The lowest BCUT2D eigenvalue weighted by atomic mass is 10.3. The van der Waals surface area contributed by atoms with Crippen molar-refractivity contribution in [1.29, 1.82) is 0 Å². The number of halogens is 2. The van der Waals surface area contributed by atoms with Gasteiger partial charge in [-0.3, -0.25) is 0 Å². The molecule has 0 amide bonds. The van der Waals surface area contributed by atoms with Gasteiger partial charge in [0.15, 0.2) is 6.10 Å². The maximum absolute atomic E-state index is 11.6. The van der Waals surface area contributed by atoms with Crippen molar-refractivity contribution in [3.05, 3.63) is 52.5 Å². The summed E-state index contributed by atoms with van der Waals surface area (Å²) in [6.07, 6.45) is 4.78. The van der Waals surface area contributed by atoms with Crippen LogP contribution < -0.4 is 10.2 Å². The fraction of sp³-hybridized carbons (Fsp3) is 0.250. The van der Waals surface area contributed by atoms with Crippen LogP contribution in [0.4, 0.5) is 0 Å². The summed E-state index contributed by atoms with van der Waals surface area (Å²) in [5.74, 6) is -1.06. The summed E-state index contributed by atoms with van der Waals surface area (Å²) in [7, 11) is 1.42. The van der Waals surface area contributed by atoms with E-state index < -0.39 is 18.0 Å². The van der Waals surface area contributed by atoms with Crippen LogP contribution in [0.1, 0.15) is 6.92 Å². The minimum absolute atomic E-state index is 0.0720. The second-order valence-electron chi connectivity index (χ2n) is 4.32. The van der Waals surface area contributed by atoms with Crippen molar-refractivity contribution < 1.29 is 23.9 Å². The monoisotopic (exact) mass is 373 g/mol. The number of ether oxygens (including phenoxy) is 2. The fourth-order valence-corrected chi connectivity index (χ4v) is 1.90. The van der Waals surface area contributed by atoms with Crippen molar-refractivity contribution >= 4 is 35.1 Å². The Kier molecular flexibility index (Phi) is 8.93. The fourth-order valence-electron chi connectivity index (χ4n) is 1.56. The van der Waals surface area contributed by atoms with Gasteiger partial charge in [-0.15, -0.1) is 0 Å². The molecule has 8 heteroatoms. The van der Waals surface area contributed by atoms with Gasteiger partial charge >= 0.3 is 11.9 Å². The van der Waals surface area contributed by atoms with Crippen LogP contribution in [0.15, 0.2) is 42.5 Å². The van der Waals surface area contributed by atoms with Crippen LogP contribution in [-0.4, -0.2) is 31.7 Å². The van der Waals surface area contributed by atoms with Gasteiger partial charge in [0.05, 0.1) is 5.02 Å². The Morgan fingerprint density at radius 1 is 1.25 bits per heavy atom. The lowest BCUT2D eigenvalue weighted by Gasteiger charge is -2.16. The van der Waals surface area contributed by atoms with Crippen LogP contribution in [0.3, 0.4) is 0 Å². The topological polar surface area (TPSA) is 73.9 Å². The summed E-state index contributed by atoms with van der Waals surface area (Å²) in [4.78, 5) is 27.0. The number of hydroxylamine groups is 1. The highest BCUT2D eigenvalue weighted by Gasteiger charge is 2.13. The highest BCUT2D eigenvalue weighted by molar-refractivity contribution is 6.42. The number of hydrogen-bond donors (Lipinski definition) is 1. The molecule has 0 aliphatic carbocycles. The standard InChI is InChI=1S/C16H17Cl2NO5/c1-3-5-11(23-13-7-4-6-12(17)16(13)18)10-22-14(20)8-9-15(21)24-19-2/h3-9,11,19H,10H2,1-2H3/b5-3+,9-8+. The number of nitrogens with one attached hydrogen (secondary N) is 1. The molecule has 0 heterocycles. The number of rotatable bonds is 8. The maximum atomic E-state index is 11.6. The molecule has 0 aliphatic rings. The molecule has 0 radical (unpaired) electrons. The zero-order valence-electron chi connectivity index (χ0n) is 13.1. The second kappa shape index (κ2) is 10.7. The van der Waals surface area contributed by atoms with Crippen molar-refractivity contribution in [3.63, 3.8) is 0 Å². The number of carbonyl (C=O) groups is 2. The van der Waals surface area contributed by atoms with Crippen molar-refractivity contribution in [2.75, 3.05) is 13.7 Å². The summed E-state index contributed by atoms with van der Waals surface area (Å²) >= 11 is 12.0. The molecular formula is C16H17Cl2NO5. The van der Waals surface area contributed by atoms with E-state index in [-0.39, 0.29) is 11.6 Å². The van der Waals surface area contributed by atoms with Crippen molar-refractivity contribution in [3.8, 4) is 5.75 Å². The van der Waals surface area contributed by atoms with Gasteiger partial charge in [0.25, 0.3) is 0 Å². The third-order valence-corrected chi connectivity index (χ3v) is 3.35. The minimum Gasteiger partial charge on any atom is -0.481 e. The largest absolute Gasteiger partial charge is 0.481 e. The molecule has 1 N–H and O–H groups in total. The Morgan fingerprint density at radius 3 is 2.62 bits per heavy atom. The number of benzene rings is 1. The van der Waals surface area contributed by atoms with E-state index >= 15 is 0 Å². The van der Waals surface area contributed by atoms with E-state index in [1.165, 1.54) is 7.05 Å². The summed E-state index contributed by atoms with van der Waals surface area (Å²) in [5, 5.41) is 0.631. The van der Waals surface area contributed by atoms with E-state index in [0.29, 0.717) is 10.8 Å². The molecule has 1 rings (SSSR count). The molecule has 0 saturated carbocycles. The molecule has 1 unspecified atom stereocenters. The molecule has 0 fully saturated rings. The molecule has 6 nitrogen and oxygen atoms in total. The molecule has 0 saturated heterocycles. The smallest absolute Gasteiger partial charge is 0.349 e. The average Bonchev–Trinajstić information content (AvgIpc) is 2.55. The summed E-state index contributed by atoms with van der Waals surface area (Å²) in [6, 6.07) is 4.98. The molecule has 0 aliphatic heterocycles. The van der Waals surface area contributed by atoms with E-state index in [1.807, 2.05) is 0 Å². The lowest BCUT2D eigenvalue weighted by molar-refractivity contribution is -0.145. The summed E-state index contributed by atoms with van der Waals surface area (Å²) < 4.78 is 10.7. The highest BCUT2D eigenvalue weighted by atomic mass is 35.5. The highest BCUT2D eigenvalue weighted by Crippen LogP contribution is 2.32. The molecule has 0 bridgehead atoms. The van der Waals surface area contributed by atoms with Gasteiger partial charge in [-0.25, -0.2) is 9.59 Å². The van der Waals surface area contributed by atoms with Gasteiger partial charge in [-0.2, -0.15) is 5.48 Å². The van der Waals surface area contributed by atoms with Gasteiger partial charge in [-0.05, 0) is 25.1 Å². The third kappa shape index (κ3) is 7.04. The van der Waals surface area contributed by atoms with E-state index in [2.05, 4.69) is 10.3 Å². The zero-order valence-corrected chi connectivity index (χ0v) is 14.6. The van der Waals surface area contributed by atoms with Crippen LogP contribution >= 0.6 is 23.2 Å². The van der Waals surface area contributed by atoms with Gasteiger partial charge in [-0.1, -0.05) is 35.3 Å². The molecule has 1 aromatic rings. The Bertz CT molecular complexity index is 631. The SMILES string of the molecule is C/C=C/C(COC(=O)/C=C/C(=O)ONC)Oc1cccc(Cl)c1Cl. The van der Waals surface area contributed by atoms with Crippen molar-refractivity contribution in [2.45, 2.75) is 13.0 Å². The Balaban J connectivity index is 2.62. The number of esters is 1. The first-order valence-corrected chi connectivity index (χ1v) is 7.69. The van der Waals surface area contributed by atoms with E-state index in [0.717, 1.165) is 12.2 Å². The molecule has 130 valence electrons. The van der Waals surface area contributed by atoms with Crippen LogP contribution in [-0.2, 0) is 19.2 Å². The molecule has 1 atom stereocenters. The first kappa shape index (κ1) is 20.0. The second-order valence-corrected chi connectivity index (χ2v) is 5.11. The predicted molar refractivity (Wildman–Crippen MR) is 90.9 cm³/mol. The van der Waals surface area contributed by atoms with Crippen LogP contribution in [0.5, 0.6) is 5.75 Å². The number of hydrogen-bond acceptors (Lipinski definition) is 6. The quantitative estimate of drug-likeness (QED) is 0.326. The predicted octanol–water partition coefficient (Wildman–Crippen LogP) is 3.09. The van der Waals surface area contributed by atoms with E-state index in [9.17, 15) is 9.59 Å². The van der Waals surface area contributed by atoms with E-state index in [1.54, 1.807) is 37.3 Å². The zero-order chi connectivity index (χ0) is 17.9. The molecule has 0 aromatic heterocycles. The van der Waals surface area contributed by atoms with Crippen molar-refractivity contribution in [1.82, 2.24) is 5.48 Å². The first-order chi connectivity index (χ1) is 11.5. The summed E-state index contributed by atoms with van der Waals surface area (Å²) in [6.45, 7) is 1.73. The number of allylic oxidation sites excluding steroid dienone is 1. The molecular weight excluding hydrogens is 357 g/mol. The lowest BCUT2D eigenvalue weighted by Crippen LogP contribution is -2.22. The van der Waals surface area contributed by atoms with Crippen LogP contribution in [0.25, 0.3) is 0 Å². The van der Waals surface area contributed by atoms with Gasteiger partial charge in [0.1, 0.15) is 17.4 Å². The van der Waals surface area contributed by atoms with E-state index in [4.69, 9.17) is 32.7 Å². The van der Waals surface area contributed by atoms with Gasteiger partial charge < -0.3 is 14.3 Å². The Morgan fingerprint density at radius 2 is 1.96 bits per heavy atom.